The number of hydrogen-bond acceptors (Lipinski definition) is 5. The smallest absolute Gasteiger partial charge is 0.336 e. The molecule has 0 atom stereocenters. The van der Waals surface area contributed by atoms with Crippen LogP contribution in [0.25, 0.3) is 11.0 Å². The zero-order chi connectivity index (χ0) is 12.6. The van der Waals surface area contributed by atoms with E-state index in [0.717, 1.165) is 6.07 Å². The SMILES string of the molecule is Cl.Nc1cc2c(CC(=O)O)cc(=O)oc2cc1O. The molecule has 0 spiro atoms. The van der Waals surface area contributed by atoms with Crippen LogP contribution >= 0.6 is 12.4 Å². The second-order valence-electron chi connectivity index (χ2n) is 3.57. The summed E-state index contributed by atoms with van der Waals surface area (Å²) in [5.74, 6) is -1.28. The predicted molar refractivity (Wildman–Crippen MR) is 67.1 cm³/mol. The minimum Gasteiger partial charge on any atom is -0.506 e. The number of nitrogens with two attached hydrogens (primary N) is 1. The third-order valence-electron chi connectivity index (χ3n) is 2.32. The van der Waals surface area contributed by atoms with Crippen LogP contribution < -0.4 is 11.4 Å². The largest absolute Gasteiger partial charge is 0.506 e. The highest BCUT2D eigenvalue weighted by Gasteiger charge is 2.11. The Kier molecular flexibility index (Phi) is 3.82. The molecule has 0 amide bonds. The van der Waals surface area contributed by atoms with Gasteiger partial charge in [0.25, 0.3) is 0 Å². The number of anilines is 1. The lowest BCUT2D eigenvalue weighted by Gasteiger charge is -2.05. The van der Waals surface area contributed by atoms with Crippen LogP contribution in [0, 0.1) is 0 Å². The summed E-state index contributed by atoms with van der Waals surface area (Å²) in [6.07, 6.45) is -0.313. The summed E-state index contributed by atoms with van der Waals surface area (Å²) in [4.78, 5) is 21.9. The Morgan fingerprint density at radius 1 is 1.33 bits per heavy atom. The molecule has 1 heterocycles. The Bertz CT molecular complexity index is 664. The molecule has 0 bridgehead atoms. The normalized spacial score (nSPS) is 10.0. The van der Waals surface area contributed by atoms with E-state index in [9.17, 15) is 14.7 Å². The lowest BCUT2D eigenvalue weighted by atomic mass is 10.1. The highest BCUT2D eigenvalue weighted by atomic mass is 35.5. The fraction of sp³-hybridized carbons (Fsp3) is 0.0909. The predicted octanol–water partition coefficient (Wildman–Crippen LogP) is 1.13. The van der Waals surface area contributed by atoms with Gasteiger partial charge in [-0.25, -0.2) is 4.79 Å². The van der Waals surface area contributed by atoms with Crippen molar-refractivity contribution >= 4 is 35.0 Å². The van der Waals surface area contributed by atoms with Crippen molar-refractivity contribution in [1.82, 2.24) is 0 Å². The molecule has 0 saturated heterocycles. The Morgan fingerprint density at radius 2 is 2.00 bits per heavy atom. The lowest BCUT2D eigenvalue weighted by Crippen LogP contribution is -2.06. The maximum absolute atomic E-state index is 11.2. The summed E-state index contributed by atoms with van der Waals surface area (Å²) >= 11 is 0. The summed E-state index contributed by atoms with van der Waals surface area (Å²) < 4.78 is 4.86. The molecule has 0 unspecified atom stereocenters. The first-order chi connectivity index (χ1) is 7.97. The number of hydrogen-bond donors (Lipinski definition) is 3. The van der Waals surface area contributed by atoms with E-state index < -0.39 is 11.6 Å². The standard InChI is InChI=1S/C11H9NO5.ClH/c12-7-3-6-5(1-10(14)15)2-11(16)17-9(6)4-8(7)13;/h2-4,13H,1,12H2,(H,14,15);1H. The third kappa shape index (κ3) is 2.54. The summed E-state index contributed by atoms with van der Waals surface area (Å²) in [7, 11) is 0. The molecule has 2 aromatic rings. The van der Waals surface area contributed by atoms with Gasteiger partial charge in [-0.1, -0.05) is 0 Å². The summed E-state index contributed by atoms with van der Waals surface area (Å²) in [6.45, 7) is 0. The number of rotatable bonds is 2. The number of carbonyl (C=O) groups is 1. The van der Waals surface area contributed by atoms with Crippen LogP contribution in [0.4, 0.5) is 5.69 Å². The van der Waals surface area contributed by atoms with Crippen molar-refractivity contribution in [3.05, 3.63) is 34.2 Å². The van der Waals surface area contributed by atoms with Gasteiger partial charge < -0.3 is 20.4 Å². The van der Waals surface area contributed by atoms with Crippen molar-refractivity contribution in [2.45, 2.75) is 6.42 Å². The number of phenols is 1. The molecule has 2 rings (SSSR count). The van der Waals surface area contributed by atoms with E-state index in [1.165, 1.54) is 12.1 Å². The molecular weight excluding hydrogens is 262 g/mol. The van der Waals surface area contributed by atoms with Crippen molar-refractivity contribution in [2.24, 2.45) is 0 Å². The third-order valence-corrected chi connectivity index (χ3v) is 2.32. The van der Waals surface area contributed by atoms with Gasteiger partial charge in [0, 0.05) is 17.5 Å². The number of aliphatic carboxylic acids is 1. The highest BCUT2D eigenvalue weighted by Crippen LogP contribution is 2.28. The fourth-order valence-electron chi connectivity index (χ4n) is 1.59. The van der Waals surface area contributed by atoms with Crippen molar-refractivity contribution in [2.75, 3.05) is 5.73 Å². The van der Waals surface area contributed by atoms with E-state index in [1.54, 1.807) is 0 Å². The summed E-state index contributed by atoms with van der Waals surface area (Å²) in [6, 6.07) is 3.68. The van der Waals surface area contributed by atoms with E-state index in [2.05, 4.69) is 0 Å². The molecule has 0 aliphatic carbocycles. The molecule has 6 nitrogen and oxygen atoms in total. The van der Waals surface area contributed by atoms with E-state index in [4.69, 9.17) is 15.3 Å². The molecule has 0 aliphatic rings. The van der Waals surface area contributed by atoms with Crippen LogP contribution in [0.15, 0.2) is 27.4 Å². The summed E-state index contributed by atoms with van der Waals surface area (Å²) in [5, 5.41) is 18.5. The first kappa shape index (κ1) is 13.9. The Balaban J connectivity index is 0.00000162. The van der Waals surface area contributed by atoms with Gasteiger partial charge in [-0.2, -0.15) is 0 Å². The molecule has 96 valence electrons. The first-order valence-corrected chi connectivity index (χ1v) is 4.74. The zero-order valence-corrected chi connectivity index (χ0v) is 9.86. The number of carboxylic acids is 1. The Hall–Kier alpha value is -2.21. The Morgan fingerprint density at radius 3 is 2.61 bits per heavy atom. The molecule has 1 aromatic heterocycles. The summed E-state index contributed by atoms with van der Waals surface area (Å²) in [5.41, 5.74) is 5.35. The number of carboxylic acid groups (broad SMARTS) is 1. The number of nitrogen functional groups attached to an aromatic ring is 1. The number of benzene rings is 1. The molecule has 4 N–H and O–H groups in total. The van der Waals surface area contributed by atoms with Gasteiger partial charge >= 0.3 is 11.6 Å². The molecule has 0 radical (unpaired) electrons. The van der Waals surface area contributed by atoms with E-state index in [-0.39, 0.29) is 35.8 Å². The van der Waals surface area contributed by atoms with Crippen molar-refractivity contribution < 1.29 is 19.4 Å². The minimum absolute atomic E-state index is 0. The van der Waals surface area contributed by atoms with Gasteiger partial charge in [-0.3, -0.25) is 4.79 Å². The van der Waals surface area contributed by atoms with E-state index in [1.807, 2.05) is 0 Å². The first-order valence-electron chi connectivity index (χ1n) is 4.74. The Labute approximate surface area is 107 Å². The molecule has 7 heteroatoms. The van der Waals surface area contributed by atoms with Gasteiger partial charge in [-0.05, 0) is 11.6 Å². The zero-order valence-electron chi connectivity index (χ0n) is 9.04. The van der Waals surface area contributed by atoms with Gasteiger partial charge in [0.2, 0.25) is 0 Å². The molecule has 18 heavy (non-hydrogen) atoms. The van der Waals surface area contributed by atoms with Gasteiger partial charge in [-0.15, -0.1) is 12.4 Å². The van der Waals surface area contributed by atoms with Crippen LogP contribution in [0.2, 0.25) is 0 Å². The molecule has 0 aliphatic heterocycles. The number of phenolic OH excluding ortho intramolecular Hbond substituents is 1. The highest BCUT2D eigenvalue weighted by molar-refractivity contribution is 5.88. The number of halogens is 1. The van der Waals surface area contributed by atoms with Gasteiger partial charge in [0.1, 0.15) is 11.3 Å². The van der Waals surface area contributed by atoms with Crippen LogP contribution in [-0.4, -0.2) is 16.2 Å². The van der Waals surface area contributed by atoms with Crippen molar-refractivity contribution in [3.8, 4) is 5.75 Å². The number of fused-ring (bicyclic) bond motifs is 1. The van der Waals surface area contributed by atoms with Crippen molar-refractivity contribution in [3.63, 3.8) is 0 Å². The van der Waals surface area contributed by atoms with Crippen LogP contribution in [0.5, 0.6) is 5.75 Å². The monoisotopic (exact) mass is 271 g/mol. The number of aromatic hydroxyl groups is 1. The average Bonchev–Trinajstić information content (AvgIpc) is 2.20. The molecular formula is C11H10ClNO5. The van der Waals surface area contributed by atoms with E-state index >= 15 is 0 Å². The quantitative estimate of drug-likeness (QED) is 0.429. The lowest BCUT2D eigenvalue weighted by molar-refractivity contribution is -0.136. The van der Waals surface area contributed by atoms with Crippen molar-refractivity contribution in [1.29, 1.82) is 0 Å². The van der Waals surface area contributed by atoms with Gasteiger partial charge in [0.05, 0.1) is 12.1 Å². The molecule has 1 aromatic carbocycles. The van der Waals surface area contributed by atoms with Crippen LogP contribution in [-0.2, 0) is 11.2 Å². The minimum atomic E-state index is -1.07. The van der Waals surface area contributed by atoms with Crippen LogP contribution in [0.3, 0.4) is 0 Å². The fourth-order valence-corrected chi connectivity index (χ4v) is 1.59. The molecule has 0 fully saturated rings. The van der Waals surface area contributed by atoms with E-state index in [0.29, 0.717) is 10.9 Å². The second kappa shape index (κ2) is 4.97. The maximum atomic E-state index is 11.2. The topological polar surface area (TPSA) is 114 Å². The molecule has 0 saturated carbocycles. The van der Waals surface area contributed by atoms with Crippen LogP contribution in [0.1, 0.15) is 5.56 Å². The maximum Gasteiger partial charge on any atom is 0.336 e. The average molecular weight is 272 g/mol. The second-order valence-corrected chi connectivity index (χ2v) is 3.57. The van der Waals surface area contributed by atoms with Gasteiger partial charge in [0.15, 0.2) is 0 Å².